The maximum atomic E-state index is 11.5. The molecule has 0 fully saturated rings. The first-order valence-electron chi connectivity index (χ1n) is 6.13. The van der Waals surface area contributed by atoms with Crippen molar-refractivity contribution < 1.29 is 9.53 Å². The predicted molar refractivity (Wildman–Crippen MR) is 77.2 cm³/mol. The molecule has 0 aliphatic heterocycles. The zero-order chi connectivity index (χ0) is 13.6. The summed E-state index contributed by atoms with van der Waals surface area (Å²) in [4.78, 5) is 11.5. The Morgan fingerprint density at radius 3 is 2.28 bits per heavy atom. The maximum absolute atomic E-state index is 11.5. The number of hydrogen-bond acceptors (Lipinski definition) is 2. The molecule has 0 atom stereocenters. The van der Waals surface area contributed by atoms with Crippen molar-refractivity contribution in [3.05, 3.63) is 60.8 Å². The third kappa shape index (κ3) is 9.40. The van der Waals surface area contributed by atoms with Gasteiger partial charge in [-0.15, -0.1) is 0 Å². The highest BCUT2D eigenvalue weighted by Gasteiger charge is 2.05. The van der Waals surface area contributed by atoms with Gasteiger partial charge in [0.25, 0.3) is 0 Å². The van der Waals surface area contributed by atoms with Crippen LogP contribution >= 0.6 is 0 Å². The fourth-order valence-corrected chi connectivity index (χ4v) is 1.12. The first-order valence-corrected chi connectivity index (χ1v) is 6.13. The quantitative estimate of drug-likeness (QED) is 0.365. The first-order chi connectivity index (χ1) is 8.72. The standard InChI is InChI=1S/C16H22O2/c1-4-6-8-10-11-13-15(3)16(17)18-14-12-9-7-5-2/h4-10,12H,3,11,13-14H2,1-2H3. The summed E-state index contributed by atoms with van der Waals surface area (Å²) in [7, 11) is 0. The van der Waals surface area contributed by atoms with Crippen LogP contribution in [0.3, 0.4) is 0 Å². The van der Waals surface area contributed by atoms with Gasteiger partial charge in [0, 0.05) is 5.57 Å². The molecule has 0 rings (SSSR count). The van der Waals surface area contributed by atoms with Gasteiger partial charge in [0.15, 0.2) is 0 Å². The lowest BCUT2D eigenvalue weighted by Crippen LogP contribution is -2.06. The normalized spacial score (nSPS) is 12.1. The minimum absolute atomic E-state index is 0.288. The Morgan fingerprint density at radius 1 is 1.06 bits per heavy atom. The summed E-state index contributed by atoms with van der Waals surface area (Å²) >= 11 is 0. The fraction of sp³-hybridized carbons (Fsp3) is 0.312. The van der Waals surface area contributed by atoms with E-state index in [1.165, 1.54) is 0 Å². The van der Waals surface area contributed by atoms with E-state index in [4.69, 9.17) is 4.74 Å². The Kier molecular flexibility index (Phi) is 10.5. The molecule has 2 heteroatoms. The summed E-state index contributed by atoms with van der Waals surface area (Å²) in [5.41, 5.74) is 0.513. The van der Waals surface area contributed by atoms with Gasteiger partial charge in [-0.05, 0) is 32.8 Å². The number of rotatable bonds is 8. The molecule has 98 valence electrons. The van der Waals surface area contributed by atoms with E-state index < -0.39 is 0 Å². The summed E-state index contributed by atoms with van der Waals surface area (Å²) in [5, 5.41) is 0. The second-order valence-corrected chi connectivity index (χ2v) is 3.65. The third-order valence-corrected chi connectivity index (χ3v) is 2.09. The number of carbonyl (C=O) groups excluding carboxylic acids is 1. The van der Waals surface area contributed by atoms with Gasteiger partial charge in [-0.25, -0.2) is 4.79 Å². The molecule has 0 aliphatic carbocycles. The number of carbonyl (C=O) groups is 1. The Morgan fingerprint density at radius 2 is 1.67 bits per heavy atom. The Hall–Kier alpha value is -1.83. The number of allylic oxidation sites excluding steroid dienone is 7. The molecular weight excluding hydrogens is 224 g/mol. The molecule has 0 radical (unpaired) electrons. The van der Waals surface area contributed by atoms with Crippen LogP contribution in [0.5, 0.6) is 0 Å². The second-order valence-electron chi connectivity index (χ2n) is 3.65. The van der Waals surface area contributed by atoms with Crippen LogP contribution in [0, 0.1) is 0 Å². The molecule has 0 unspecified atom stereocenters. The molecule has 0 aromatic carbocycles. The molecular formula is C16H22O2. The summed E-state index contributed by atoms with van der Waals surface area (Å²) in [5.74, 6) is -0.320. The van der Waals surface area contributed by atoms with Crippen molar-refractivity contribution in [1.29, 1.82) is 0 Å². The third-order valence-electron chi connectivity index (χ3n) is 2.09. The number of ether oxygens (including phenoxy) is 1. The molecule has 0 bridgehead atoms. The van der Waals surface area contributed by atoms with Crippen LogP contribution in [0.1, 0.15) is 26.7 Å². The van der Waals surface area contributed by atoms with Crippen LogP contribution in [0.15, 0.2) is 60.8 Å². The lowest BCUT2D eigenvalue weighted by Gasteiger charge is -2.03. The van der Waals surface area contributed by atoms with Crippen LogP contribution in [-0.2, 0) is 9.53 Å². The van der Waals surface area contributed by atoms with Crippen LogP contribution in [0.4, 0.5) is 0 Å². The summed E-state index contributed by atoms with van der Waals surface area (Å²) in [6.07, 6.45) is 16.7. The number of esters is 1. The minimum atomic E-state index is -0.320. The van der Waals surface area contributed by atoms with Crippen LogP contribution < -0.4 is 0 Å². The van der Waals surface area contributed by atoms with Gasteiger partial charge in [0.2, 0.25) is 0 Å². The monoisotopic (exact) mass is 246 g/mol. The van der Waals surface area contributed by atoms with E-state index in [9.17, 15) is 4.79 Å². The van der Waals surface area contributed by atoms with Gasteiger partial charge >= 0.3 is 5.97 Å². The highest BCUT2D eigenvalue weighted by atomic mass is 16.5. The predicted octanol–water partition coefficient (Wildman–Crippen LogP) is 4.13. The largest absolute Gasteiger partial charge is 0.458 e. The molecule has 0 saturated carbocycles. The Labute approximate surface area is 110 Å². The molecule has 0 aliphatic rings. The lowest BCUT2D eigenvalue weighted by molar-refractivity contribution is -0.137. The smallest absolute Gasteiger partial charge is 0.333 e. The van der Waals surface area contributed by atoms with Gasteiger partial charge in [-0.2, -0.15) is 0 Å². The SMILES string of the molecule is C=C(CCC=CC=CC)C(=O)OCC=CC=CC. The van der Waals surface area contributed by atoms with Crippen LogP contribution in [0.2, 0.25) is 0 Å². The highest BCUT2D eigenvalue weighted by Crippen LogP contribution is 2.05. The molecule has 0 amide bonds. The van der Waals surface area contributed by atoms with E-state index in [0.717, 1.165) is 6.42 Å². The molecule has 0 N–H and O–H groups in total. The molecule has 0 aromatic rings. The molecule has 18 heavy (non-hydrogen) atoms. The van der Waals surface area contributed by atoms with Gasteiger partial charge in [-0.3, -0.25) is 0 Å². The summed E-state index contributed by atoms with van der Waals surface area (Å²) in [6.45, 7) is 7.90. The van der Waals surface area contributed by atoms with E-state index >= 15 is 0 Å². The van der Waals surface area contributed by atoms with Crippen molar-refractivity contribution in [3.63, 3.8) is 0 Å². The van der Waals surface area contributed by atoms with E-state index in [1.54, 1.807) is 6.08 Å². The highest BCUT2D eigenvalue weighted by molar-refractivity contribution is 5.87. The molecule has 2 nitrogen and oxygen atoms in total. The fourth-order valence-electron chi connectivity index (χ4n) is 1.12. The lowest BCUT2D eigenvalue weighted by atomic mass is 10.1. The minimum Gasteiger partial charge on any atom is -0.458 e. The van der Waals surface area contributed by atoms with Gasteiger partial charge in [0.05, 0.1) is 0 Å². The van der Waals surface area contributed by atoms with Crippen molar-refractivity contribution in [1.82, 2.24) is 0 Å². The summed E-state index contributed by atoms with van der Waals surface area (Å²) in [6, 6.07) is 0. The zero-order valence-corrected chi connectivity index (χ0v) is 11.3. The topological polar surface area (TPSA) is 26.3 Å². The first kappa shape index (κ1) is 16.2. The van der Waals surface area contributed by atoms with E-state index in [1.807, 2.05) is 56.4 Å². The van der Waals surface area contributed by atoms with Crippen molar-refractivity contribution in [2.75, 3.05) is 6.61 Å². The van der Waals surface area contributed by atoms with Gasteiger partial charge in [-0.1, -0.05) is 49.1 Å². The van der Waals surface area contributed by atoms with Crippen molar-refractivity contribution in [2.24, 2.45) is 0 Å². The van der Waals surface area contributed by atoms with E-state index in [0.29, 0.717) is 12.0 Å². The van der Waals surface area contributed by atoms with Gasteiger partial charge in [0.1, 0.15) is 6.61 Å². The summed E-state index contributed by atoms with van der Waals surface area (Å²) < 4.78 is 5.03. The van der Waals surface area contributed by atoms with Crippen molar-refractivity contribution in [2.45, 2.75) is 26.7 Å². The maximum Gasteiger partial charge on any atom is 0.333 e. The average molecular weight is 246 g/mol. The molecule has 0 heterocycles. The van der Waals surface area contributed by atoms with Gasteiger partial charge < -0.3 is 4.74 Å². The van der Waals surface area contributed by atoms with Crippen LogP contribution in [0.25, 0.3) is 0 Å². The van der Waals surface area contributed by atoms with E-state index in [2.05, 4.69) is 6.58 Å². The van der Waals surface area contributed by atoms with Crippen molar-refractivity contribution >= 4 is 5.97 Å². The average Bonchev–Trinajstić information content (AvgIpc) is 2.37. The second kappa shape index (κ2) is 11.6. The zero-order valence-electron chi connectivity index (χ0n) is 11.3. The molecule has 0 aromatic heterocycles. The van der Waals surface area contributed by atoms with E-state index in [-0.39, 0.29) is 12.6 Å². The molecule has 0 spiro atoms. The van der Waals surface area contributed by atoms with Crippen LogP contribution in [-0.4, -0.2) is 12.6 Å². The molecule has 0 saturated heterocycles. The Bertz CT molecular complexity index is 321. The Balaban J connectivity index is 3.79. The number of hydrogen-bond donors (Lipinski definition) is 0. The van der Waals surface area contributed by atoms with Crippen molar-refractivity contribution in [3.8, 4) is 0 Å².